The van der Waals surface area contributed by atoms with Gasteiger partial charge in [-0.05, 0) is 31.2 Å². The number of aromatic nitrogens is 4. The van der Waals surface area contributed by atoms with Gasteiger partial charge in [0, 0.05) is 23.5 Å². The highest BCUT2D eigenvalue weighted by molar-refractivity contribution is 5.81. The number of nitrogens with zero attached hydrogens (tertiary/aromatic N) is 3. The fourth-order valence-electron chi connectivity index (χ4n) is 2.55. The quantitative estimate of drug-likeness (QED) is 0.606. The fourth-order valence-corrected chi connectivity index (χ4v) is 2.55. The van der Waals surface area contributed by atoms with Gasteiger partial charge in [-0.15, -0.1) is 0 Å². The molecule has 0 bridgehead atoms. The molecule has 0 unspecified atom stereocenters. The van der Waals surface area contributed by atoms with E-state index < -0.39 is 0 Å². The molecule has 0 spiro atoms. The highest BCUT2D eigenvalue weighted by Crippen LogP contribution is 2.25. The standard InChI is InChI=1S/C18H14N4/c1-12-3-2-4-13(9-12)16-11-17(22-21-16)14-5-6-15-18(10-14)20-8-7-19-15/h2-11H,1H3,(H,21,22). The third-order valence-electron chi connectivity index (χ3n) is 3.67. The average molecular weight is 286 g/mol. The molecule has 0 atom stereocenters. The highest BCUT2D eigenvalue weighted by atomic mass is 15.1. The molecule has 0 radical (unpaired) electrons. The van der Waals surface area contributed by atoms with Gasteiger partial charge < -0.3 is 0 Å². The normalized spacial score (nSPS) is 11.0. The van der Waals surface area contributed by atoms with Gasteiger partial charge in [0.2, 0.25) is 0 Å². The molecular weight excluding hydrogens is 272 g/mol. The number of H-pyrrole nitrogens is 1. The molecule has 2 aromatic heterocycles. The largest absolute Gasteiger partial charge is 0.277 e. The maximum Gasteiger partial charge on any atom is 0.0927 e. The van der Waals surface area contributed by atoms with Crippen molar-refractivity contribution in [3.05, 3.63) is 66.5 Å². The van der Waals surface area contributed by atoms with Crippen LogP contribution in [0.3, 0.4) is 0 Å². The molecular formula is C18H14N4. The summed E-state index contributed by atoms with van der Waals surface area (Å²) in [5.74, 6) is 0. The SMILES string of the molecule is Cc1cccc(-c2cc(-c3ccc4nccnc4c3)[nH]n2)c1. The number of aryl methyl sites for hydroxylation is 1. The average Bonchev–Trinajstić information content (AvgIpc) is 3.04. The summed E-state index contributed by atoms with van der Waals surface area (Å²) in [5, 5.41) is 7.53. The second-order valence-electron chi connectivity index (χ2n) is 5.30. The Balaban J connectivity index is 1.76. The van der Waals surface area contributed by atoms with Crippen molar-refractivity contribution in [3.63, 3.8) is 0 Å². The van der Waals surface area contributed by atoms with Crippen molar-refractivity contribution in [1.82, 2.24) is 20.2 Å². The maximum atomic E-state index is 4.42. The van der Waals surface area contributed by atoms with E-state index in [1.54, 1.807) is 12.4 Å². The van der Waals surface area contributed by atoms with Crippen LogP contribution in [0.5, 0.6) is 0 Å². The minimum Gasteiger partial charge on any atom is -0.277 e. The van der Waals surface area contributed by atoms with Gasteiger partial charge in [0.05, 0.1) is 22.4 Å². The van der Waals surface area contributed by atoms with Crippen molar-refractivity contribution in [2.45, 2.75) is 6.92 Å². The minimum absolute atomic E-state index is 0.881. The number of hydrogen-bond donors (Lipinski definition) is 1. The van der Waals surface area contributed by atoms with Crippen LogP contribution < -0.4 is 0 Å². The van der Waals surface area contributed by atoms with Gasteiger partial charge in [-0.25, -0.2) is 0 Å². The maximum absolute atomic E-state index is 4.42. The zero-order valence-corrected chi connectivity index (χ0v) is 12.1. The van der Waals surface area contributed by atoms with Gasteiger partial charge in [-0.2, -0.15) is 5.10 Å². The van der Waals surface area contributed by atoms with E-state index >= 15 is 0 Å². The zero-order valence-electron chi connectivity index (χ0n) is 12.1. The van der Waals surface area contributed by atoms with E-state index in [0.717, 1.165) is 33.5 Å². The van der Waals surface area contributed by atoms with E-state index in [2.05, 4.69) is 51.4 Å². The molecule has 4 rings (SSSR count). The van der Waals surface area contributed by atoms with Crippen molar-refractivity contribution < 1.29 is 0 Å². The Bertz CT molecular complexity index is 956. The summed E-state index contributed by atoms with van der Waals surface area (Å²) in [7, 11) is 0. The van der Waals surface area contributed by atoms with Crippen molar-refractivity contribution in [2.75, 3.05) is 0 Å². The third-order valence-corrected chi connectivity index (χ3v) is 3.67. The van der Waals surface area contributed by atoms with Crippen LogP contribution in [0.25, 0.3) is 33.5 Å². The first-order valence-corrected chi connectivity index (χ1v) is 7.13. The number of benzene rings is 2. The van der Waals surface area contributed by atoms with Gasteiger partial charge in [0.25, 0.3) is 0 Å². The smallest absolute Gasteiger partial charge is 0.0927 e. The van der Waals surface area contributed by atoms with Gasteiger partial charge in [-0.1, -0.05) is 29.8 Å². The van der Waals surface area contributed by atoms with E-state index in [-0.39, 0.29) is 0 Å². The molecule has 0 saturated heterocycles. The summed E-state index contributed by atoms with van der Waals surface area (Å²) in [5.41, 5.74) is 7.09. The van der Waals surface area contributed by atoms with E-state index in [1.807, 2.05) is 24.3 Å². The van der Waals surface area contributed by atoms with Crippen LogP contribution in [0, 0.1) is 6.92 Å². The first kappa shape index (κ1) is 12.7. The second kappa shape index (κ2) is 5.07. The molecule has 4 heteroatoms. The molecule has 0 saturated carbocycles. The summed E-state index contributed by atoms with van der Waals surface area (Å²) in [6.45, 7) is 2.08. The van der Waals surface area contributed by atoms with Gasteiger partial charge >= 0.3 is 0 Å². The molecule has 106 valence electrons. The molecule has 0 aliphatic rings. The van der Waals surface area contributed by atoms with Crippen molar-refractivity contribution >= 4 is 11.0 Å². The monoisotopic (exact) mass is 286 g/mol. The molecule has 0 aliphatic heterocycles. The molecule has 4 aromatic rings. The Morgan fingerprint density at radius 3 is 2.55 bits per heavy atom. The molecule has 4 nitrogen and oxygen atoms in total. The highest BCUT2D eigenvalue weighted by Gasteiger charge is 2.07. The number of nitrogens with one attached hydrogen (secondary N) is 1. The van der Waals surface area contributed by atoms with Crippen LogP contribution in [0.1, 0.15) is 5.56 Å². The Hall–Kier alpha value is -3.01. The van der Waals surface area contributed by atoms with Crippen molar-refractivity contribution in [1.29, 1.82) is 0 Å². The summed E-state index contributed by atoms with van der Waals surface area (Å²) < 4.78 is 0. The Morgan fingerprint density at radius 2 is 1.68 bits per heavy atom. The third kappa shape index (κ3) is 2.24. The number of rotatable bonds is 2. The predicted molar refractivity (Wildman–Crippen MR) is 87.3 cm³/mol. The molecule has 0 amide bonds. The summed E-state index contributed by atoms with van der Waals surface area (Å²) in [6, 6.07) is 16.4. The van der Waals surface area contributed by atoms with Gasteiger partial charge in [-0.3, -0.25) is 15.1 Å². The first-order valence-electron chi connectivity index (χ1n) is 7.13. The summed E-state index contributed by atoms with van der Waals surface area (Å²) >= 11 is 0. The first-order chi connectivity index (χ1) is 10.8. The lowest BCUT2D eigenvalue weighted by atomic mass is 10.1. The molecule has 2 aromatic carbocycles. The predicted octanol–water partition coefficient (Wildman–Crippen LogP) is 4.00. The lowest BCUT2D eigenvalue weighted by molar-refractivity contribution is 1.10. The van der Waals surface area contributed by atoms with Crippen LogP contribution in [-0.4, -0.2) is 20.2 Å². The van der Waals surface area contributed by atoms with Crippen molar-refractivity contribution in [2.24, 2.45) is 0 Å². The zero-order chi connectivity index (χ0) is 14.9. The van der Waals surface area contributed by atoms with Crippen molar-refractivity contribution in [3.8, 4) is 22.5 Å². The molecule has 1 N–H and O–H groups in total. The van der Waals surface area contributed by atoms with Crippen LogP contribution >= 0.6 is 0 Å². The van der Waals surface area contributed by atoms with Crippen LogP contribution in [0.4, 0.5) is 0 Å². The summed E-state index contributed by atoms with van der Waals surface area (Å²) in [4.78, 5) is 8.64. The number of fused-ring (bicyclic) bond motifs is 1. The van der Waals surface area contributed by atoms with Gasteiger partial charge in [0.1, 0.15) is 0 Å². The lowest BCUT2D eigenvalue weighted by Crippen LogP contribution is -1.84. The van der Waals surface area contributed by atoms with E-state index in [4.69, 9.17) is 0 Å². The molecule has 22 heavy (non-hydrogen) atoms. The number of aromatic amines is 1. The molecule has 0 fully saturated rings. The second-order valence-corrected chi connectivity index (χ2v) is 5.30. The topological polar surface area (TPSA) is 54.5 Å². The lowest BCUT2D eigenvalue weighted by Gasteiger charge is -1.99. The van der Waals surface area contributed by atoms with Gasteiger partial charge in [0.15, 0.2) is 0 Å². The fraction of sp³-hybridized carbons (Fsp3) is 0.0556. The Morgan fingerprint density at radius 1 is 0.818 bits per heavy atom. The van der Waals surface area contributed by atoms with Crippen LogP contribution in [-0.2, 0) is 0 Å². The molecule has 0 aliphatic carbocycles. The molecule has 2 heterocycles. The van der Waals surface area contributed by atoms with E-state index in [1.165, 1.54) is 5.56 Å². The van der Waals surface area contributed by atoms with E-state index in [0.29, 0.717) is 0 Å². The van der Waals surface area contributed by atoms with E-state index in [9.17, 15) is 0 Å². The van der Waals surface area contributed by atoms with Crippen LogP contribution in [0.2, 0.25) is 0 Å². The minimum atomic E-state index is 0.881. The number of hydrogen-bond acceptors (Lipinski definition) is 3. The Kier molecular flexibility index (Phi) is 2.93. The Labute approximate surface area is 127 Å². The summed E-state index contributed by atoms with van der Waals surface area (Å²) in [6.07, 6.45) is 3.41. The van der Waals surface area contributed by atoms with Crippen LogP contribution in [0.15, 0.2) is 60.9 Å².